The van der Waals surface area contributed by atoms with Gasteiger partial charge in [0.25, 0.3) is 5.91 Å². The van der Waals surface area contributed by atoms with E-state index in [2.05, 4.69) is 5.32 Å². The number of methoxy groups -OCH3 is 1. The smallest absolute Gasteiger partial charge is 0.328 e. The summed E-state index contributed by atoms with van der Waals surface area (Å²) in [6.07, 6.45) is 4.77. The molecule has 1 fully saturated rings. The number of hydrogen-bond donors (Lipinski definition) is 2. The molecular formula is C16H19NO4. The Morgan fingerprint density at radius 1 is 1.43 bits per heavy atom. The number of ether oxygens (including phenoxy) is 1. The number of carboxylic acid groups (broad SMARTS) is 1. The summed E-state index contributed by atoms with van der Waals surface area (Å²) in [6.45, 7) is 2.00. The van der Waals surface area contributed by atoms with Gasteiger partial charge in [-0.25, -0.2) is 4.79 Å². The standard InChI is InChI=1S/C16H19NO4/c1-10(11-3-4-11)17-16(20)13-5-7-14(21-2)12(9-13)6-8-15(18)19/h5-11H,3-4H2,1-2H3,(H,17,20)(H,18,19). The third-order valence-electron chi connectivity index (χ3n) is 3.59. The van der Waals surface area contributed by atoms with Crippen LogP contribution >= 0.6 is 0 Å². The highest BCUT2D eigenvalue weighted by Crippen LogP contribution is 2.32. The van der Waals surface area contributed by atoms with Gasteiger partial charge in [-0.05, 0) is 50.0 Å². The zero-order valence-electron chi connectivity index (χ0n) is 12.1. The van der Waals surface area contributed by atoms with Gasteiger partial charge in [-0.15, -0.1) is 0 Å². The molecule has 1 amide bonds. The molecule has 5 heteroatoms. The van der Waals surface area contributed by atoms with Crippen molar-refractivity contribution in [1.82, 2.24) is 5.32 Å². The van der Waals surface area contributed by atoms with Crippen molar-refractivity contribution in [3.8, 4) is 5.75 Å². The van der Waals surface area contributed by atoms with Crippen LogP contribution in [0.1, 0.15) is 35.7 Å². The highest BCUT2D eigenvalue weighted by Gasteiger charge is 2.29. The van der Waals surface area contributed by atoms with Gasteiger partial charge in [0.05, 0.1) is 7.11 Å². The van der Waals surface area contributed by atoms with E-state index in [-0.39, 0.29) is 11.9 Å². The van der Waals surface area contributed by atoms with Crippen LogP contribution in [0.2, 0.25) is 0 Å². The fourth-order valence-electron chi connectivity index (χ4n) is 2.17. The van der Waals surface area contributed by atoms with Crippen molar-refractivity contribution in [1.29, 1.82) is 0 Å². The van der Waals surface area contributed by atoms with E-state index in [1.54, 1.807) is 18.2 Å². The molecule has 21 heavy (non-hydrogen) atoms. The van der Waals surface area contributed by atoms with Crippen molar-refractivity contribution in [3.63, 3.8) is 0 Å². The molecule has 112 valence electrons. The minimum Gasteiger partial charge on any atom is -0.496 e. The van der Waals surface area contributed by atoms with Crippen LogP contribution in [0, 0.1) is 5.92 Å². The summed E-state index contributed by atoms with van der Waals surface area (Å²) in [5.41, 5.74) is 1.06. The van der Waals surface area contributed by atoms with Gasteiger partial charge in [0.1, 0.15) is 5.75 Å². The molecule has 1 aromatic carbocycles. The number of benzene rings is 1. The van der Waals surface area contributed by atoms with E-state index in [0.29, 0.717) is 22.8 Å². The van der Waals surface area contributed by atoms with E-state index in [0.717, 1.165) is 18.9 Å². The number of carboxylic acids is 1. The number of amides is 1. The van der Waals surface area contributed by atoms with Crippen LogP contribution in [0.3, 0.4) is 0 Å². The van der Waals surface area contributed by atoms with Crippen molar-refractivity contribution in [3.05, 3.63) is 35.4 Å². The molecule has 0 heterocycles. The predicted octanol–water partition coefficient (Wildman–Crippen LogP) is 2.32. The van der Waals surface area contributed by atoms with E-state index in [4.69, 9.17) is 9.84 Å². The monoisotopic (exact) mass is 289 g/mol. The number of aliphatic carboxylic acids is 1. The Morgan fingerprint density at radius 2 is 2.14 bits per heavy atom. The predicted molar refractivity (Wildman–Crippen MR) is 79.3 cm³/mol. The van der Waals surface area contributed by atoms with E-state index >= 15 is 0 Å². The molecule has 1 atom stereocenters. The molecule has 5 nitrogen and oxygen atoms in total. The van der Waals surface area contributed by atoms with E-state index < -0.39 is 5.97 Å². The lowest BCUT2D eigenvalue weighted by atomic mass is 10.1. The molecule has 1 aromatic rings. The summed E-state index contributed by atoms with van der Waals surface area (Å²) in [6, 6.07) is 5.13. The molecule has 1 unspecified atom stereocenters. The molecule has 1 aliphatic rings. The van der Waals surface area contributed by atoms with E-state index in [1.165, 1.54) is 13.2 Å². The molecule has 0 spiro atoms. The van der Waals surface area contributed by atoms with E-state index in [1.807, 2.05) is 6.92 Å². The lowest BCUT2D eigenvalue weighted by molar-refractivity contribution is -0.131. The van der Waals surface area contributed by atoms with Crippen LogP contribution in [0.4, 0.5) is 0 Å². The second kappa shape index (κ2) is 6.43. The topological polar surface area (TPSA) is 75.6 Å². The maximum atomic E-state index is 12.2. The van der Waals surface area contributed by atoms with Crippen molar-refractivity contribution in [2.45, 2.75) is 25.8 Å². The first-order valence-corrected chi connectivity index (χ1v) is 6.91. The van der Waals surface area contributed by atoms with Crippen LogP contribution in [0.5, 0.6) is 5.75 Å². The number of carbonyl (C=O) groups is 2. The average Bonchev–Trinajstić information content (AvgIpc) is 3.29. The molecule has 2 rings (SSSR count). The second-order valence-corrected chi connectivity index (χ2v) is 5.23. The van der Waals surface area contributed by atoms with Gasteiger partial charge in [0, 0.05) is 23.2 Å². The molecule has 0 bridgehead atoms. The Labute approximate surface area is 123 Å². The minimum atomic E-state index is -1.05. The summed E-state index contributed by atoms with van der Waals surface area (Å²) in [4.78, 5) is 22.8. The van der Waals surface area contributed by atoms with Crippen molar-refractivity contribution >= 4 is 18.0 Å². The van der Waals surface area contributed by atoms with Gasteiger partial charge in [-0.2, -0.15) is 0 Å². The third kappa shape index (κ3) is 4.08. The van der Waals surface area contributed by atoms with Gasteiger partial charge in [-0.1, -0.05) is 0 Å². The van der Waals surface area contributed by atoms with Crippen LogP contribution in [0.15, 0.2) is 24.3 Å². The van der Waals surface area contributed by atoms with Crippen LogP contribution in [0.25, 0.3) is 6.08 Å². The van der Waals surface area contributed by atoms with Crippen LogP contribution < -0.4 is 10.1 Å². The van der Waals surface area contributed by atoms with Crippen molar-refractivity contribution in [2.24, 2.45) is 5.92 Å². The van der Waals surface area contributed by atoms with Gasteiger partial charge < -0.3 is 15.2 Å². The van der Waals surface area contributed by atoms with E-state index in [9.17, 15) is 9.59 Å². The average molecular weight is 289 g/mol. The van der Waals surface area contributed by atoms with Gasteiger partial charge in [0.2, 0.25) is 0 Å². The molecule has 0 aliphatic heterocycles. The molecule has 1 saturated carbocycles. The minimum absolute atomic E-state index is 0.151. The van der Waals surface area contributed by atoms with Crippen molar-refractivity contribution < 1.29 is 19.4 Å². The Bertz CT molecular complexity index is 576. The normalized spacial score (nSPS) is 15.7. The molecule has 1 aliphatic carbocycles. The largest absolute Gasteiger partial charge is 0.496 e. The number of hydrogen-bond acceptors (Lipinski definition) is 3. The SMILES string of the molecule is COc1ccc(C(=O)NC(C)C2CC2)cc1C=CC(=O)O. The quantitative estimate of drug-likeness (QED) is 0.788. The lowest BCUT2D eigenvalue weighted by Gasteiger charge is -2.13. The maximum Gasteiger partial charge on any atom is 0.328 e. The molecule has 0 aromatic heterocycles. The Balaban J connectivity index is 2.17. The number of nitrogens with one attached hydrogen (secondary N) is 1. The summed E-state index contributed by atoms with van der Waals surface area (Å²) in [5.74, 6) is -0.0887. The zero-order valence-corrected chi connectivity index (χ0v) is 12.1. The van der Waals surface area contributed by atoms with Crippen LogP contribution in [-0.4, -0.2) is 30.1 Å². The van der Waals surface area contributed by atoms with Crippen molar-refractivity contribution in [2.75, 3.05) is 7.11 Å². The first kappa shape index (κ1) is 15.1. The molecule has 2 N–H and O–H groups in total. The summed E-state index contributed by atoms with van der Waals surface area (Å²) < 4.78 is 5.17. The zero-order chi connectivity index (χ0) is 15.4. The fourth-order valence-corrected chi connectivity index (χ4v) is 2.17. The maximum absolute atomic E-state index is 12.2. The number of carbonyl (C=O) groups excluding carboxylic acids is 1. The van der Waals surface area contributed by atoms with Crippen LogP contribution in [-0.2, 0) is 4.79 Å². The first-order valence-electron chi connectivity index (χ1n) is 6.91. The Kier molecular flexibility index (Phi) is 4.62. The number of rotatable bonds is 6. The molecule has 0 saturated heterocycles. The Hall–Kier alpha value is -2.30. The Morgan fingerprint density at radius 3 is 2.71 bits per heavy atom. The summed E-state index contributed by atoms with van der Waals surface area (Å²) in [7, 11) is 1.50. The first-order chi connectivity index (χ1) is 10.0. The lowest BCUT2D eigenvalue weighted by Crippen LogP contribution is -2.33. The fraction of sp³-hybridized carbons (Fsp3) is 0.375. The highest BCUT2D eigenvalue weighted by atomic mass is 16.5. The highest BCUT2D eigenvalue weighted by molar-refractivity contribution is 5.95. The second-order valence-electron chi connectivity index (χ2n) is 5.23. The third-order valence-corrected chi connectivity index (χ3v) is 3.59. The van der Waals surface area contributed by atoms with Gasteiger partial charge in [0.15, 0.2) is 0 Å². The summed E-state index contributed by atoms with van der Waals surface area (Å²) in [5, 5.41) is 11.7. The summed E-state index contributed by atoms with van der Waals surface area (Å²) >= 11 is 0. The molecule has 0 radical (unpaired) electrons. The van der Waals surface area contributed by atoms with Gasteiger partial charge >= 0.3 is 5.97 Å². The van der Waals surface area contributed by atoms with Gasteiger partial charge in [-0.3, -0.25) is 4.79 Å². The molecular weight excluding hydrogens is 270 g/mol.